The SMILES string of the molecule is COc1ccc(C(=O)NCCC(O)C(=O)O)cc1Br. The molecule has 0 radical (unpaired) electrons. The summed E-state index contributed by atoms with van der Waals surface area (Å²) >= 11 is 3.26. The predicted octanol–water partition coefficient (Wildman–Crippen LogP) is 1.02. The summed E-state index contributed by atoms with van der Waals surface area (Å²) < 4.78 is 5.69. The first kappa shape index (κ1) is 15.5. The van der Waals surface area contributed by atoms with Crippen LogP contribution in [0, 0.1) is 0 Å². The molecule has 0 aliphatic carbocycles. The van der Waals surface area contributed by atoms with Gasteiger partial charge in [-0.1, -0.05) is 0 Å². The summed E-state index contributed by atoms with van der Waals surface area (Å²) in [6.45, 7) is 0.0793. The number of hydrogen-bond acceptors (Lipinski definition) is 4. The molecule has 0 saturated heterocycles. The number of amides is 1. The second-order valence-electron chi connectivity index (χ2n) is 3.75. The Morgan fingerprint density at radius 2 is 2.16 bits per heavy atom. The topological polar surface area (TPSA) is 95.9 Å². The molecular weight excluding hydrogens is 318 g/mol. The van der Waals surface area contributed by atoms with Crippen molar-refractivity contribution in [3.63, 3.8) is 0 Å². The zero-order chi connectivity index (χ0) is 14.4. The fourth-order valence-corrected chi connectivity index (χ4v) is 1.90. The van der Waals surface area contributed by atoms with Gasteiger partial charge in [0, 0.05) is 18.5 Å². The Bertz CT molecular complexity index is 477. The Labute approximate surface area is 118 Å². The molecule has 1 amide bonds. The highest BCUT2D eigenvalue weighted by molar-refractivity contribution is 9.10. The third-order valence-corrected chi connectivity index (χ3v) is 3.02. The van der Waals surface area contributed by atoms with Crippen LogP contribution in [0.25, 0.3) is 0 Å². The molecule has 0 bridgehead atoms. The summed E-state index contributed by atoms with van der Waals surface area (Å²) in [5.74, 6) is -1.04. The molecule has 0 aliphatic rings. The van der Waals surface area contributed by atoms with Gasteiger partial charge in [0.25, 0.3) is 5.91 Å². The molecule has 19 heavy (non-hydrogen) atoms. The van der Waals surface area contributed by atoms with Gasteiger partial charge < -0.3 is 20.3 Å². The minimum atomic E-state index is -1.47. The van der Waals surface area contributed by atoms with Crippen LogP contribution in [0.1, 0.15) is 16.8 Å². The van der Waals surface area contributed by atoms with Gasteiger partial charge in [0.2, 0.25) is 0 Å². The Kier molecular flexibility index (Phi) is 5.78. The van der Waals surface area contributed by atoms with Crippen LogP contribution in [0.2, 0.25) is 0 Å². The summed E-state index contributed by atoms with van der Waals surface area (Å²) in [5, 5.41) is 20.0. The molecule has 1 aromatic carbocycles. The minimum Gasteiger partial charge on any atom is -0.496 e. The number of carboxylic acids is 1. The Morgan fingerprint density at radius 3 is 2.68 bits per heavy atom. The highest BCUT2D eigenvalue weighted by Crippen LogP contribution is 2.25. The predicted molar refractivity (Wildman–Crippen MR) is 71.3 cm³/mol. The number of carbonyl (C=O) groups is 2. The van der Waals surface area contributed by atoms with Crippen LogP contribution in [0.3, 0.4) is 0 Å². The standard InChI is InChI=1S/C12H14BrNO5/c1-19-10-3-2-7(6-8(10)13)11(16)14-5-4-9(15)12(17)18/h2-3,6,9,15H,4-5H2,1H3,(H,14,16)(H,17,18). The summed E-state index contributed by atoms with van der Waals surface area (Å²) in [6.07, 6.45) is -1.51. The lowest BCUT2D eigenvalue weighted by atomic mass is 10.2. The van der Waals surface area contributed by atoms with E-state index in [9.17, 15) is 9.59 Å². The number of hydrogen-bond donors (Lipinski definition) is 3. The second-order valence-corrected chi connectivity index (χ2v) is 4.60. The van der Waals surface area contributed by atoms with Crippen LogP contribution in [0.15, 0.2) is 22.7 Å². The Hall–Kier alpha value is -1.60. The van der Waals surface area contributed by atoms with Crippen molar-refractivity contribution in [2.45, 2.75) is 12.5 Å². The molecule has 1 rings (SSSR count). The molecule has 0 aromatic heterocycles. The maximum atomic E-state index is 11.7. The highest BCUT2D eigenvalue weighted by Gasteiger charge is 2.14. The zero-order valence-corrected chi connectivity index (χ0v) is 11.8. The Balaban J connectivity index is 2.54. The number of benzene rings is 1. The maximum absolute atomic E-state index is 11.7. The molecule has 0 spiro atoms. The van der Waals surface area contributed by atoms with Crippen molar-refractivity contribution in [2.24, 2.45) is 0 Å². The van der Waals surface area contributed by atoms with Crippen LogP contribution < -0.4 is 10.1 Å². The number of carbonyl (C=O) groups excluding carboxylic acids is 1. The molecule has 1 atom stereocenters. The van der Waals surface area contributed by atoms with Gasteiger partial charge in [-0.2, -0.15) is 0 Å². The lowest BCUT2D eigenvalue weighted by Crippen LogP contribution is -2.30. The number of methoxy groups -OCH3 is 1. The van der Waals surface area contributed by atoms with E-state index >= 15 is 0 Å². The lowest BCUT2D eigenvalue weighted by Gasteiger charge is -2.09. The first-order valence-electron chi connectivity index (χ1n) is 5.48. The zero-order valence-electron chi connectivity index (χ0n) is 10.2. The third-order valence-electron chi connectivity index (χ3n) is 2.40. The maximum Gasteiger partial charge on any atom is 0.332 e. The van der Waals surface area contributed by atoms with E-state index in [4.69, 9.17) is 14.9 Å². The molecule has 0 heterocycles. The normalized spacial score (nSPS) is 11.7. The van der Waals surface area contributed by atoms with E-state index in [-0.39, 0.29) is 18.9 Å². The fourth-order valence-electron chi connectivity index (χ4n) is 1.36. The van der Waals surface area contributed by atoms with Gasteiger partial charge >= 0.3 is 5.97 Å². The van der Waals surface area contributed by atoms with Crippen molar-refractivity contribution in [3.8, 4) is 5.75 Å². The van der Waals surface area contributed by atoms with Gasteiger partial charge in [-0.25, -0.2) is 4.79 Å². The van der Waals surface area contributed by atoms with E-state index < -0.39 is 12.1 Å². The van der Waals surface area contributed by atoms with E-state index in [0.29, 0.717) is 15.8 Å². The van der Waals surface area contributed by atoms with Crippen LogP contribution in [0.4, 0.5) is 0 Å². The van der Waals surface area contributed by atoms with Gasteiger partial charge in [-0.05, 0) is 34.1 Å². The summed E-state index contributed by atoms with van der Waals surface area (Å²) in [7, 11) is 1.52. The van der Waals surface area contributed by atoms with Crippen LogP contribution in [0.5, 0.6) is 5.75 Å². The van der Waals surface area contributed by atoms with E-state index in [1.165, 1.54) is 7.11 Å². The first-order valence-corrected chi connectivity index (χ1v) is 6.27. The van der Waals surface area contributed by atoms with Gasteiger partial charge in [-0.3, -0.25) is 4.79 Å². The van der Waals surface area contributed by atoms with Crippen molar-refractivity contribution in [1.82, 2.24) is 5.32 Å². The van der Waals surface area contributed by atoms with Crippen molar-refractivity contribution in [3.05, 3.63) is 28.2 Å². The number of rotatable bonds is 6. The van der Waals surface area contributed by atoms with Crippen LogP contribution in [-0.2, 0) is 4.79 Å². The summed E-state index contributed by atoms with van der Waals surface area (Å²) in [4.78, 5) is 22.1. The highest BCUT2D eigenvalue weighted by atomic mass is 79.9. The monoisotopic (exact) mass is 331 g/mol. The smallest absolute Gasteiger partial charge is 0.332 e. The average Bonchev–Trinajstić information content (AvgIpc) is 2.38. The molecule has 6 nitrogen and oxygen atoms in total. The third kappa shape index (κ3) is 4.53. The number of aliphatic carboxylic acids is 1. The van der Waals surface area contributed by atoms with Crippen molar-refractivity contribution >= 4 is 27.8 Å². The lowest BCUT2D eigenvalue weighted by molar-refractivity contribution is -0.146. The van der Waals surface area contributed by atoms with Crippen LogP contribution in [-0.4, -0.2) is 41.8 Å². The molecule has 1 aromatic rings. The molecular formula is C12H14BrNO5. The quantitative estimate of drug-likeness (QED) is 0.723. The molecule has 0 aliphatic heterocycles. The minimum absolute atomic E-state index is 0.0433. The fraction of sp³-hybridized carbons (Fsp3) is 0.333. The van der Waals surface area contributed by atoms with E-state index in [1.54, 1.807) is 18.2 Å². The van der Waals surface area contributed by atoms with E-state index in [0.717, 1.165) is 0 Å². The van der Waals surface area contributed by atoms with Gasteiger partial charge in [0.1, 0.15) is 5.75 Å². The van der Waals surface area contributed by atoms with Gasteiger partial charge in [0.15, 0.2) is 6.10 Å². The first-order chi connectivity index (χ1) is 8.95. The molecule has 0 fully saturated rings. The van der Waals surface area contributed by atoms with E-state index in [2.05, 4.69) is 21.2 Å². The Morgan fingerprint density at radius 1 is 1.47 bits per heavy atom. The van der Waals surface area contributed by atoms with Gasteiger partial charge in [0.05, 0.1) is 11.6 Å². The van der Waals surface area contributed by atoms with Crippen molar-refractivity contribution in [2.75, 3.05) is 13.7 Å². The molecule has 0 saturated carbocycles. The molecule has 3 N–H and O–H groups in total. The van der Waals surface area contributed by atoms with E-state index in [1.807, 2.05) is 0 Å². The number of aliphatic hydroxyl groups is 1. The largest absolute Gasteiger partial charge is 0.496 e. The number of ether oxygens (including phenoxy) is 1. The number of nitrogens with one attached hydrogen (secondary N) is 1. The number of halogens is 1. The molecule has 104 valence electrons. The number of aliphatic hydroxyl groups excluding tert-OH is 1. The van der Waals surface area contributed by atoms with Crippen molar-refractivity contribution < 1.29 is 24.5 Å². The summed E-state index contributed by atoms with van der Waals surface area (Å²) in [5.41, 5.74) is 0.414. The molecule has 1 unspecified atom stereocenters. The average molecular weight is 332 g/mol. The van der Waals surface area contributed by atoms with Crippen molar-refractivity contribution in [1.29, 1.82) is 0 Å². The second kappa shape index (κ2) is 7.10. The van der Waals surface area contributed by atoms with Gasteiger partial charge in [-0.15, -0.1) is 0 Å². The summed E-state index contributed by atoms with van der Waals surface area (Å²) in [6, 6.07) is 4.83. The van der Waals surface area contributed by atoms with Crippen LogP contribution >= 0.6 is 15.9 Å². The molecule has 7 heteroatoms. The number of carboxylic acid groups (broad SMARTS) is 1.